The van der Waals surface area contributed by atoms with E-state index in [2.05, 4.69) is 45.9 Å². The van der Waals surface area contributed by atoms with Crippen molar-refractivity contribution < 1.29 is 9.59 Å². The van der Waals surface area contributed by atoms with E-state index in [9.17, 15) is 9.59 Å². The smallest absolute Gasteiger partial charge is 0.257 e. The van der Waals surface area contributed by atoms with E-state index in [1.54, 1.807) is 11.8 Å². The van der Waals surface area contributed by atoms with Gasteiger partial charge in [-0.05, 0) is 87.7 Å². The highest BCUT2D eigenvalue weighted by atomic mass is 32.2. The van der Waals surface area contributed by atoms with Crippen molar-refractivity contribution in [2.45, 2.75) is 56.2 Å². The minimum absolute atomic E-state index is 0.00413. The maximum Gasteiger partial charge on any atom is 0.257 e. The maximum absolute atomic E-state index is 12.9. The van der Waals surface area contributed by atoms with Crippen LogP contribution < -0.4 is 10.6 Å². The Morgan fingerprint density at radius 3 is 2.49 bits per heavy atom. The lowest BCUT2D eigenvalue weighted by molar-refractivity contribution is -0.127. The first kappa shape index (κ1) is 26.1. The third-order valence-corrected chi connectivity index (χ3v) is 9.52. The van der Waals surface area contributed by atoms with Crippen LogP contribution >= 0.6 is 11.8 Å². The Balaban J connectivity index is 0.991. The summed E-state index contributed by atoms with van der Waals surface area (Å²) in [6.07, 6.45) is 9.27. The lowest BCUT2D eigenvalue weighted by Crippen LogP contribution is -2.51. The first-order chi connectivity index (χ1) is 18.1. The number of likely N-dealkylation sites (tertiary alicyclic amines) is 1. The molecule has 2 amide bonds. The second-order valence-corrected chi connectivity index (χ2v) is 12.1. The molecule has 2 N–H and O–H groups in total. The van der Waals surface area contributed by atoms with E-state index in [1.165, 1.54) is 24.8 Å². The zero-order valence-electron chi connectivity index (χ0n) is 21.6. The van der Waals surface area contributed by atoms with E-state index in [0.717, 1.165) is 68.2 Å². The fourth-order valence-corrected chi connectivity index (χ4v) is 7.24. The number of carbonyl (C=O) groups is 2. The van der Waals surface area contributed by atoms with Gasteiger partial charge in [0.15, 0.2) is 0 Å². The summed E-state index contributed by atoms with van der Waals surface area (Å²) in [4.78, 5) is 28.9. The number of nitrogens with zero attached hydrogens (tertiary/aromatic N) is 1. The standard InChI is InChI=1S/C31H39N3O2S/c35-30(32-16-7-17-34-18-14-25(15-19-34)20-23-8-3-1-4-9-23)26-12-13-28-27(22-26)33-31(36)29(37-28)21-24-10-5-2-6-11-24/h1-6,8-11,21,25-28H,7,12-20,22H2,(H,32,35)(H,33,36)/b29-21-. The predicted octanol–water partition coefficient (Wildman–Crippen LogP) is 4.89. The van der Waals surface area contributed by atoms with Crippen molar-refractivity contribution in [1.82, 2.24) is 15.5 Å². The molecule has 1 aliphatic carbocycles. The van der Waals surface area contributed by atoms with Crippen molar-refractivity contribution in [2.75, 3.05) is 26.2 Å². The van der Waals surface area contributed by atoms with Crippen LogP contribution in [0.3, 0.4) is 0 Å². The largest absolute Gasteiger partial charge is 0.356 e. The van der Waals surface area contributed by atoms with Crippen LogP contribution in [0.15, 0.2) is 65.6 Å². The SMILES string of the molecule is O=C1NC2CC(C(=O)NCCCN3CCC(Cc4ccccc4)CC3)CCC2S/C1=C\c1ccccc1. The minimum atomic E-state index is -0.0105. The number of thioether (sulfide) groups is 1. The summed E-state index contributed by atoms with van der Waals surface area (Å²) < 4.78 is 0. The van der Waals surface area contributed by atoms with Gasteiger partial charge in [0.2, 0.25) is 5.91 Å². The van der Waals surface area contributed by atoms with Gasteiger partial charge in [-0.3, -0.25) is 9.59 Å². The van der Waals surface area contributed by atoms with Crippen LogP contribution in [0.2, 0.25) is 0 Å². The highest BCUT2D eigenvalue weighted by Gasteiger charge is 2.39. The summed E-state index contributed by atoms with van der Waals surface area (Å²) in [7, 11) is 0. The summed E-state index contributed by atoms with van der Waals surface area (Å²) in [5.74, 6) is 0.931. The van der Waals surface area contributed by atoms with Crippen LogP contribution in [0.4, 0.5) is 0 Å². The molecule has 3 atom stereocenters. The average Bonchev–Trinajstić information content (AvgIpc) is 2.93. The van der Waals surface area contributed by atoms with Crippen LogP contribution in [-0.4, -0.2) is 54.2 Å². The van der Waals surface area contributed by atoms with E-state index in [0.29, 0.717) is 5.25 Å². The maximum atomic E-state index is 12.9. The van der Waals surface area contributed by atoms with E-state index in [1.807, 2.05) is 36.4 Å². The molecule has 1 saturated carbocycles. The molecule has 196 valence electrons. The summed E-state index contributed by atoms with van der Waals surface area (Å²) >= 11 is 1.68. The summed E-state index contributed by atoms with van der Waals surface area (Å²) in [5.41, 5.74) is 2.50. The number of piperidine rings is 1. The zero-order valence-corrected chi connectivity index (χ0v) is 22.4. The van der Waals surface area contributed by atoms with Crippen molar-refractivity contribution in [3.8, 4) is 0 Å². The molecule has 2 aromatic carbocycles. The fourth-order valence-electron chi connectivity index (χ4n) is 5.95. The molecule has 5 nitrogen and oxygen atoms in total. The number of rotatable bonds is 8. The molecule has 0 radical (unpaired) electrons. The number of benzene rings is 2. The number of carbonyl (C=O) groups excluding carboxylic acids is 2. The second kappa shape index (κ2) is 12.8. The molecule has 37 heavy (non-hydrogen) atoms. The van der Waals surface area contributed by atoms with Gasteiger partial charge in [0.25, 0.3) is 5.91 Å². The molecule has 3 unspecified atom stereocenters. The van der Waals surface area contributed by atoms with Crippen LogP contribution in [-0.2, 0) is 16.0 Å². The molecule has 3 aliphatic rings. The molecule has 2 aromatic rings. The molecule has 2 heterocycles. The van der Waals surface area contributed by atoms with Crippen molar-refractivity contribution in [1.29, 1.82) is 0 Å². The molecule has 2 aliphatic heterocycles. The highest BCUT2D eigenvalue weighted by molar-refractivity contribution is 8.04. The minimum Gasteiger partial charge on any atom is -0.356 e. The van der Waals surface area contributed by atoms with Gasteiger partial charge >= 0.3 is 0 Å². The molecular formula is C31H39N3O2S. The van der Waals surface area contributed by atoms with Gasteiger partial charge in [-0.25, -0.2) is 0 Å². The molecule has 3 fully saturated rings. The monoisotopic (exact) mass is 517 g/mol. The third-order valence-electron chi connectivity index (χ3n) is 8.10. The number of nitrogens with one attached hydrogen (secondary N) is 2. The quantitative estimate of drug-likeness (QED) is 0.387. The van der Waals surface area contributed by atoms with E-state index < -0.39 is 0 Å². The van der Waals surface area contributed by atoms with E-state index >= 15 is 0 Å². The second-order valence-electron chi connectivity index (χ2n) is 10.8. The van der Waals surface area contributed by atoms with Crippen LogP contribution in [0.25, 0.3) is 6.08 Å². The Morgan fingerprint density at radius 2 is 1.73 bits per heavy atom. The lowest BCUT2D eigenvalue weighted by Gasteiger charge is -2.39. The Hall–Kier alpha value is -2.57. The van der Waals surface area contributed by atoms with Gasteiger partial charge in [-0.1, -0.05) is 60.7 Å². The van der Waals surface area contributed by atoms with Gasteiger partial charge < -0.3 is 15.5 Å². The van der Waals surface area contributed by atoms with Gasteiger partial charge in [0.1, 0.15) is 0 Å². The van der Waals surface area contributed by atoms with Gasteiger partial charge in [-0.15, -0.1) is 11.8 Å². The predicted molar refractivity (Wildman–Crippen MR) is 152 cm³/mol. The van der Waals surface area contributed by atoms with Crippen LogP contribution in [0.5, 0.6) is 0 Å². The Labute approximate surface area is 225 Å². The van der Waals surface area contributed by atoms with Gasteiger partial charge in [-0.2, -0.15) is 0 Å². The van der Waals surface area contributed by atoms with Crippen molar-refractivity contribution in [3.05, 3.63) is 76.7 Å². The zero-order chi connectivity index (χ0) is 25.5. The van der Waals surface area contributed by atoms with Gasteiger partial charge in [0, 0.05) is 23.8 Å². The number of hydrogen-bond acceptors (Lipinski definition) is 4. The molecule has 5 rings (SSSR count). The molecule has 0 bridgehead atoms. The topological polar surface area (TPSA) is 61.4 Å². The molecule has 6 heteroatoms. The average molecular weight is 518 g/mol. The Kier molecular flexibility index (Phi) is 9.01. The summed E-state index contributed by atoms with van der Waals surface area (Å²) in [6.45, 7) is 4.11. The third kappa shape index (κ3) is 7.26. The van der Waals surface area contributed by atoms with Crippen molar-refractivity contribution in [2.24, 2.45) is 11.8 Å². The van der Waals surface area contributed by atoms with Crippen LogP contribution in [0.1, 0.15) is 49.7 Å². The first-order valence-corrected chi connectivity index (χ1v) is 14.8. The highest BCUT2D eigenvalue weighted by Crippen LogP contribution is 2.40. The molecule has 2 saturated heterocycles. The van der Waals surface area contributed by atoms with E-state index in [-0.39, 0.29) is 23.8 Å². The summed E-state index contributed by atoms with van der Waals surface area (Å²) in [5, 5.41) is 6.72. The fraction of sp³-hybridized carbons (Fsp3) is 0.484. The summed E-state index contributed by atoms with van der Waals surface area (Å²) in [6, 6.07) is 20.9. The molecular weight excluding hydrogens is 478 g/mol. The Morgan fingerprint density at radius 1 is 1.00 bits per heavy atom. The van der Waals surface area contributed by atoms with Crippen LogP contribution in [0, 0.1) is 11.8 Å². The van der Waals surface area contributed by atoms with Gasteiger partial charge in [0.05, 0.1) is 4.91 Å². The lowest BCUT2D eigenvalue weighted by atomic mass is 9.84. The normalized spacial score (nSPS) is 25.9. The number of hydrogen-bond donors (Lipinski definition) is 2. The number of amides is 2. The van der Waals surface area contributed by atoms with Crippen molar-refractivity contribution >= 4 is 29.7 Å². The van der Waals surface area contributed by atoms with E-state index in [4.69, 9.17) is 0 Å². The number of fused-ring (bicyclic) bond motifs is 1. The Bertz CT molecular complexity index is 1070. The van der Waals surface area contributed by atoms with Crippen molar-refractivity contribution in [3.63, 3.8) is 0 Å². The molecule has 0 aromatic heterocycles. The molecule has 0 spiro atoms. The first-order valence-electron chi connectivity index (χ1n) is 13.9.